The highest BCUT2D eigenvalue weighted by Gasteiger charge is 2.38. The number of aromatic nitrogens is 2. The SMILES string of the molecule is O=c1c2ccccc2nc(C2CCCN2CC2(O)CCCC2)n1CC(F)F. The number of nitrogens with zero attached hydrogens (tertiary/aromatic N) is 3. The van der Waals surface area contributed by atoms with Crippen molar-refractivity contribution in [2.45, 2.75) is 63.1 Å². The number of likely N-dealkylation sites (tertiary alicyclic amines) is 1. The topological polar surface area (TPSA) is 58.4 Å². The molecule has 1 aromatic heterocycles. The zero-order valence-corrected chi connectivity index (χ0v) is 15.3. The Morgan fingerprint density at radius 3 is 2.70 bits per heavy atom. The van der Waals surface area contributed by atoms with E-state index >= 15 is 0 Å². The molecule has 2 fully saturated rings. The van der Waals surface area contributed by atoms with Crippen molar-refractivity contribution in [1.29, 1.82) is 0 Å². The van der Waals surface area contributed by atoms with Gasteiger partial charge in [-0.2, -0.15) is 0 Å². The number of β-amino-alcohol motifs (C(OH)–C–C–N with tert-alkyl or cyclic N) is 1. The first-order chi connectivity index (χ1) is 13.0. The first-order valence-corrected chi connectivity index (χ1v) is 9.71. The predicted octanol–water partition coefficient (Wildman–Crippen LogP) is 3.10. The van der Waals surface area contributed by atoms with Crippen molar-refractivity contribution in [1.82, 2.24) is 14.5 Å². The van der Waals surface area contributed by atoms with E-state index in [4.69, 9.17) is 0 Å². The third-order valence-electron chi connectivity index (χ3n) is 5.91. The Bertz CT molecular complexity index is 877. The van der Waals surface area contributed by atoms with Crippen LogP contribution in [0.25, 0.3) is 10.9 Å². The van der Waals surface area contributed by atoms with Crippen LogP contribution in [-0.2, 0) is 6.54 Å². The van der Waals surface area contributed by atoms with E-state index in [1.807, 2.05) is 0 Å². The highest BCUT2D eigenvalue weighted by Crippen LogP contribution is 2.37. The Kier molecular flexibility index (Phi) is 4.99. The number of hydrogen-bond acceptors (Lipinski definition) is 4. The summed E-state index contributed by atoms with van der Waals surface area (Å²) in [5.41, 5.74) is -0.593. The lowest BCUT2D eigenvalue weighted by Gasteiger charge is -2.33. The summed E-state index contributed by atoms with van der Waals surface area (Å²) in [4.78, 5) is 19.6. The minimum Gasteiger partial charge on any atom is -0.389 e. The number of rotatable bonds is 5. The Labute approximate surface area is 156 Å². The Balaban J connectivity index is 1.75. The van der Waals surface area contributed by atoms with Crippen LogP contribution in [0, 0.1) is 0 Å². The molecule has 1 atom stereocenters. The average Bonchev–Trinajstić information content (AvgIpc) is 3.26. The summed E-state index contributed by atoms with van der Waals surface area (Å²) in [5, 5.41) is 11.2. The van der Waals surface area contributed by atoms with Gasteiger partial charge < -0.3 is 5.11 Å². The highest BCUT2D eigenvalue weighted by atomic mass is 19.3. The van der Waals surface area contributed by atoms with Crippen LogP contribution < -0.4 is 5.56 Å². The van der Waals surface area contributed by atoms with Crippen LogP contribution >= 0.6 is 0 Å². The first kappa shape index (κ1) is 18.5. The number of aliphatic hydroxyl groups is 1. The van der Waals surface area contributed by atoms with E-state index in [-0.39, 0.29) is 6.04 Å². The Morgan fingerprint density at radius 2 is 1.96 bits per heavy atom. The second-order valence-electron chi connectivity index (χ2n) is 7.85. The smallest absolute Gasteiger partial charge is 0.261 e. The minimum atomic E-state index is -2.63. The molecule has 1 aromatic carbocycles. The zero-order chi connectivity index (χ0) is 19.0. The summed E-state index contributed by atoms with van der Waals surface area (Å²) in [6.07, 6.45) is 2.59. The molecule has 1 aliphatic carbocycles. The second kappa shape index (κ2) is 7.28. The molecule has 0 amide bonds. The van der Waals surface area contributed by atoms with E-state index in [9.17, 15) is 18.7 Å². The molecule has 1 N–H and O–H groups in total. The zero-order valence-electron chi connectivity index (χ0n) is 15.3. The third kappa shape index (κ3) is 3.62. The molecule has 2 heterocycles. The van der Waals surface area contributed by atoms with Gasteiger partial charge >= 0.3 is 0 Å². The van der Waals surface area contributed by atoms with Gasteiger partial charge in [-0.05, 0) is 44.4 Å². The van der Waals surface area contributed by atoms with Gasteiger partial charge in [0.1, 0.15) is 5.82 Å². The van der Waals surface area contributed by atoms with Gasteiger partial charge in [-0.25, -0.2) is 13.8 Å². The summed E-state index contributed by atoms with van der Waals surface area (Å²) < 4.78 is 27.6. The fraction of sp³-hybridized carbons (Fsp3) is 0.600. The molecule has 2 aliphatic rings. The van der Waals surface area contributed by atoms with Crippen LogP contribution in [0.4, 0.5) is 8.78 Å². The van der Waals surface area contributed by atoms with Gasteiger partial charge in [0.05, 0.1) is 29.1 Å². The average molecular weight is 377 g/mol. The van der Waals surface area contributed by atoms with Crippen molar-refractivity contribution < 1.29 is 13.9 Å². The van der Waals surface area contributed by atoms with Gasteiger partial charge in [0, 0.05) is 6.54 Å². The monoisotopic (exact) mass is 377 g/mol. The molecule has 1 saturated heterocycles. The fourth-order valence-corrected chi connectivity index (χ4v) is 4.63. The normalized spacial score (nSPS) is 22.9. The second-order valence-corrected chi connectivity index (χ2v) is 7.85. The number of halogens is 2. The number of para-hydroxylation sites is 1. The summed E-state index contributed by atoms with van der Waals surface area (Å²) in [7, 11) is 0. The van der Waals surface area contributed by atoms with Crippen LogP contribution in [-0.4, -0.2) is 44.7 Å². The van der Waals surface area contributed by atoms with Crippen molar-refractivity contribution in [2.24, 2.45) is 0 Å². The summed E-state index contributed by atoms with van der Waals surface area (Å²) in [5.74, 6) is 0.401. The standard InChI is InChI=1S/C20H25F2N3O2/c21-17(22)12-25-18(23-15-7-2-1-6-14(15)19(25)26)16-8-5-11-24(16)13-20(27)9-3-4-10-20/h1-2,6-7,16-17,27H,3-5,8-13H2. The molecule has 0 radical (unpaired) electrons. The lowest BCUT2D eigenvalue weighted by Crippen LogP contribution is -2.42. The maximum Gasteiger partial charge on any atom is 0.261 e. The van der Waals surface area contributed by atoms with Gasteiger partial charge in [-0.15, -0.1) is 0 Å². The predicted molar refractivity (Wildman–Crippen MR) is 99.0 cm³/mol. The summed E-state index contributed by atoms with van der Waals surface area (Å²) in [6, 6.07) is 6.67. The van der Waals surface area contributed by atoms with Crippen LogP contribution in [0.15, 0.2) is 29.1 Å². The summed E-state index contributed by atoms with van der Waals surface area (Å²) >= 11 is 0. The fourth-order valence-electron chi connectivity index (χ4n) is 4.63. The number of hydrogen-bond donors (Lipinski definition) is 1. The molecule has 4 rings (SSSR count). The maximum absolute atomic E-state index is 13.2. The van der Waals surface area contributed by atoms with Crippen molar-refractivity contribution in [3.05, 3.63) is 40.4 Å². The highest BCUT2D eigenvalue weighted by molar-refractivity contribution is 5.77. The molecule has 1 unspecified atom stereocenters. The van der Waals surface area contributed by atoms with Gasteiger partial charge in [-0.1, -0.05) is 25.0 Å². The molecule has 1 saturated carbocycles. The molecule has 2 aromatic rings. The number of benzene rings is 1. The van der Waals surface area contributed by atoms with E-state index in [1.165, 1.54) is 0 Å². The van der Waals surface area contributed by atoms with E-state index in [0.29, 0.717) is 23.3 Å². The van der Waals surface area contributed by atoms with Gasteiger partial charge in [0.15, 0.2) is 0 Å². The lowest BCUT2D eigenvalue weighted by atomic mass is 10.0. The van der Waals surface area contributed by atoms with Crippen LogP contribution in [0.3, 0.4) is 0 Å². The van der Waals surface area contributed by atoms with E-state index in [1.54, 1.807) is 24.3 Å². The van der Waals surface area contributed by atoms with Crippen molar-refractivity contribution in [3.8, 4) is 0 Å². The van der Waals surface area contributed by atoms with E-state index in [2.05, 4.69) is 9.88 Å². The van der Waals surface area contributed by atoms with Crippen molar-refractivity contribution in [3.63, 3.8) is 0 Å². The van der Waals surface area contributed by atoms with Crippen molar-refractivity contribution in [2.75, 3.05) is 13.1 Å². The Hall–Kier alpha value is -1.86. The van der Waals surface area contributed by atoms with E-state index < -0.39 is 24.1 Å². The minimum absolute atomic E-state index is 0.217. The maximum atomic E-state index is 13.2. The largest absolute Gasteiger partial charge is 0.389 e. The van der Waals surface area contributed by atoms with Crippen LogP contribution in [0.1, 0.15) is 50.4 Å². The summed E-state index contributed by atoms with van der Waals surface area (Å²) in [6.45, 7) is 0.639. The molecule has 146 valence electrons. The lowest BCUT2D eigenvalue weighted by molar-refractivity contribution is 0.00379. The van der Waals surface area contributed by atoms with Gasteiger partial charge in [0.25, 0.3) is 12.0 Å². The first-order valence-electron chi connectivity index (χ1n) is 9.71. The molecule has 0 bridgehead atoms. The van der Waals surface area contributed by atoms with Crippen molar-refractivity contribution >= 4 is 10.9 Å². The molecule has 0 spiro atoms. The Morgan fingerprint density at radius 1 is 1.22 bits per heavy atom. The number of alkyl halides is 2. The molecule has 5 nitrogen and oxygen atoms in total. The third-order valence-corrected chi connectivity index (χ3v) is 5.91. The molecule has 27 heavy (non-hydrogen) atoms. The van der Waals surface area contributed by atoms with E-state index in [0.717, 1.165) is 49.6 Å². The molecule has 1 aliphatic heterocycles. The molecular formula is C20H25F2N3O2. The van der Waals surface area contributed by atoms with Gasteiger partial charge in [0.2, 0.25) is 0 Å². The quantitative estimate of drug-likeness (QED) is 0.870. The van der Waals surface area contributed by atoms with Crippen LogP contribution in [0.5, 0.6) is 0 Å². The van der Waals surface area contributed by atoms with Gasteiger partial charge in [-0.3, -0.25) is 14.3 Å². The number of fused-ring (bicyclic) bond motifs is 1. The molecular weight excluding hydrogens is 352 g/mol. The van der Waals surface area contributed by atoms with Crippen LogP contribution in [0.2, 0.25) is 0 Å². The molecule has 7 heteroatoms.